The van der Waals surface area contributed by atoms with Gasteiger partial charge in [0.2, 0.25) is 9.76 Å². The average molecular weight is 530 g/mol. The standard InChI is InChI=1S/C28H55NO4SSi/c1-3-31-28(32-4-2)23-19-16-14-12-10-8-6-5-7-9-11-13-15-18-22-27(30)33-35-25-21-17-20-24-34-26-29/h28H,3-25,35H2,1-2H3. The molecule has 0 amide bonds. The second kappa shape index (κ2) is 29.7. The Balaban J connectivity index is 3.22. The lowest BCUT2D eigenvalue weighted by molar-refractivity contribution is -0.140. The highest BCUT2D eigenvalue weighted by Gasteiger charge is 2.07. The fourth-order valence-corrected chi connectivity index (χ4v) is 5.74. The van der Waals surface area contributed by atoms with E-state index in [1.54, 1.807) is 0 Å². The van der Waals surface area contributed by atoms with Gasteiger partial charge in [-0.2, -0.15) is 5.26 Å². The van der Waals surface area contributed by atoms with Crippen LogP contribution in [0.3, 0.4) is 0 Å². The third kappa shape index (κ3) is 27.9. The highest BCUT2D eigenvalue weighted by Crippen LogP contribution is 2.15. The summed E-state index contributed by atoms with van der Waals surface area (Å²) < 4.78 is 16.6. The van der Waals surface area contributed by atoms with E-state index in [1.807, 2.05) is 13.8 Å². The number of nitriles is 1. The minimum absolute atomic E-state index is 0.0000205. The number of rotatable bonds is 28. The van der Waals surface area contributed by atoms with Crippen molar-refractivity contribution in [1.29, 1.82) is 5.26 Å². The Morgan fingerprint density at radius 2 is 1.23 bits per heavy atom. The number of thiocyanates is 1. The molecule has 7 heteroatoms. The van der Waals surface area contributed by atoms with Crippen molar-refractivity contribution in [3.8, 4) is 5.40 Å². The number of ether oxygens (including phenoxy) is 2. The van der Waals surface area contributed by atoms with Crippen molar-refractivity contribution in [3.05, 3.63) is 0 Å². The molecule has 0 aliphatic rings. The Morgan fingerprint density at radius 3 is 1.74 bits per heavy atom. The van der Waals surface area contributed by atoms with Gasteiger partial charge in [-0.25, -0.2) is 0 Å². The Hall–Kier alpha value is -0.553. The Bertz CT molecular complexity index is 484. The zero-order valence-corrected chi connectivity index (χ0v) is 25.3. The molecule has 0 saturated heterocycles. The number of hydrogen-bond acceptors (Lipinski definition) is 6. The summed E-state index contributed by atoms with van der Waals surface area (Å²) in [5, 5.41) is 10.6. The highest BCUT2D eigenvalue weighted by atomic mass is 32.2. The summed E-state index contributed by atoms with van der Waals surface area (Å²) in [6, 6.07) is 1.08. The molecule has 0 heterocycles. The lowest BCUT2D eigenvalue weighted by atomic mass is 10.0. The second-order valence-corrected chi connectivity index (χ2v) is 11.7. The van der Waals surface area contributed by atoms with Crippen LogP contribution in [0.2, 0.25) is 6.04 Å². The van der Waals surface area contributed by atoms with Crippen molar-refractivity contribution in [1.82, 2.24) is 0 Å². The van der Waals surface area contributed by atoms with Crippen LogP contribution >= 0.6 is 11.8 Å². The number of carbonyl (C=O) groups excluding carboxylic acids is 1. The molecular weight excluding hydrogens is 474 g/mol. The molecule has 0 saturated carbocycles. The van der Waals surface area contributed by atoms with Gasteiger partial charge in [0.25, 0.3) is 5.97 Å². The third-order valence-corrected chi connectivity index (χ3v) is 8.18. The number of unbranched alkanes of at least 4 members (excludes halogenated alkanes) is 15. The zero-order chi connectivity index (χ0) is 25.7. The lowest BCUT2D eigenvalue weighted by Gasteiger charge is -2.16. The molecule has 0 aromatic rings. The van der Waals surface area contributed by atoms with Crippen LogP contribution in [0.5, 0.6) is 0 Å². The quantitative estimate of drug-likeness (QED) is 0.0442. The highest BCUT2D eigenvalue weighted by molar-refractivity contribution is 8.03. The predicted octanol–water partition coefficient (Wildman–Crippen LogP) is 8.06. The van der Waals surface area contributed by atoms with E-state index >= 15 is 0 Å². The third-order valence-electron chi connectivity index (χ3n) is 6.24. The van der Waals surface area contributed by atoms with Crippen LogP contribution in [0, 0.1) is 10.7 Å². The number of carbonyl (C=O) groups is 1. The predicted molar refractivity (Wildman–Crippen MR) is 152 cm³/mol. The summed E-state index contributed by atoms with van der Waals surface area (Å²) in [5.74, 6) is 0.946. The fourth-order valence-electron chi connectivity index (χ4n) is 4.22. The van der Waals surface area contributed by atoms with Crippen LogP contribution in [-0.4, -0.2) is 41.0 Å². The van der Waals surface area contributed by atoms with Crippen molar-refractivity contribution in [3.63, 3.8) is 0 Å². The zero-order valence-electron chi connectivity index (χ0n) is 23.0. The van der Waals surface area contributed by atoms with E-state index < -0.39 is 9.76 Å². The molecule has 0 atom stereocenters. The molecule has 0 spiro atoms. The first-order valence-corrected chi connectivity index (χ1v) is 17.2. The van der Waals surface area contributed by atoms with Gasteiger partial charge in [-0.1, -0.05) is 89.9 Å². The second-order valence-electron chi connectivity index (χ2n) is 9.40. The van der Waals surface area contributed by atoms with Gasteiger partial charge < -0.3 is 13.9 Å². The first-order valence-electron chi connectivity index (χ1n) is 14.6. The summed E-state index contributed by atoms with van der Waals surface area (Å²) in [6.07, 6.45) is 23.1. The molecule has 35 heavy (non-hydrogen) atoms. The summed E-state index contributed by atoms with van der Waals surface area (Å²) in [5.41, 5.74) is 0. The maximum absolute atomic E-state index is 11.8. The summed E-state index contributed by atoms with van der Waals surface area (Å²) in [7, 11) is -0.679. The normalized spacial score (nSPS) is 11.5. The minimum atomic E-state index is -0.679. The first kappa shape index (κ1) is 34.4. The van der Waals surface area contributed by atoms with E-state index in [0.29, 0.717) is 6.42 Å². The number of nitrogens with zero attached hydrogens (tertiary/aromatic N) is 1. The van der Waals surface area contributed by atoms with Gasteiger partial charge in [-0.3, -0.25) is 4.79 Å². The van der Waals surface area contributed by atoms with Crippen molar-refractivity contribution in [2.45, 2.75) is 148 Å². The van der Waals surface area contributed by atoms with Crippen LogP contribution in [0.15, 0.2) is 0 Å². The summed E-state index contributed by atoms with van der Waals surface area (Å²) >= 11 is 1.33. The van der Waals surface area contributed by atoms with Crippen LogP contribution < -0.4 is 0 Å². The van der Waals surface area contributed by atoms with Gasteiger partial charge in [-0.15, -0.1) is 0 Å². The fraction of sp³-hybridized carbons (Fsp3) is 0.929. The smallest absolute Gasteiger partial charge is 0.292 e. The van der Waals surface area contributed by atoms with Crippen LogP contribution in [0.4, 0.5) is 0 Å². The molecular formula is C28H55NO4SSi. The maximum Gasteiger partial charge on any atom is 0.292 e. The molecule has 0 fully saturated rings. The lowest BCUT2D eigenvalue weighted by Crippen LogP contribution is -2.17. The molecule has 0 aromatic carbocycles. The Labute approximate surface area is 223 Å². The minimum Gasteiger partial charge on any atom is -0.525 e. The van der Waals surface area contributed by atoms with Gasteiger partial charge in [0.1, 0.15) is 5.40 Å². The molecule has 0 aliphatic carbocycles. The van der Waals surface area contributed by atoms with Gasteiger partial charge >= 0.3 is 0 Å². The molecule has 0 unspecified atom stereocenters. The monoisotopic (exact) mass is 529 g/mol. The van der Waals surface area contributed by atoms with E-state index in [2.05, 4.69) is 5.40 Å². The van der Waals surface area contributed by atoms with Crippen LogP contribution in [0.25, 0.3) is 0 Å². The first-order chi connectivity index (χ1) is 17.2. The molecule has 0 radical (unpaired) electrons. The van der Waals surface area contributed by atoms with Gasteiger partial charge in [-0.05, 0) is 57.3 Å². The van der Waals surface area contributed by atoms with Crippen molar-refractivity contribution in [2.24, 2.45) is 0 Å². The van der Waals surface area contributed by atoms with Crippen molar-refractivity contribution in [2.75, 3.05) is 19.0 Å². The molecule has 0 aliphatic heterocycles. The Morgan fingerprint density at radius 1 is 0.743 bits per heavy atom. The maximum atomic E-state index is 11.8. The number of thioether (sulfide) groups is 1. The topological polar surface area (TPSA) is 68.5 Å². The SMILES string of the molecule is CCOC(CCCCCCCCCCCCCCCCC(=O)O[SiH2]CCCCCSC#N)OCC. The molecule has 0 N–H and O–H groups in total. The molecule has 0 bridgehead atoms. The molecule has 0 aromatic heterocycles. The van der Waals surface area contributed by atoms with E-state index in [9.17, 15) is 4.79 Å². The largest absolute Gasteiger partial charge is 0.525 e. The van der Waals surface area contributed by atoms with E-state index in [0.717, 1.165) is 63.5 Å². The summed E-state index contributed by atoms with van der Waals surface area (Å²) in [6.45, 7) is 5.52. The van der Waals surface area contributed by atoms with Crippen molar-refractivity contribution >= 4 is 27.5 Å². The molecule has 0 rings (SSSR count). The van der Waals surface area contributed by atoms with Gasteiger partial charge in [0, 0.05) is 25.4 Å². The van der Waals surface area contributed by atoms with E-state index in [-0.39, 0.29) is 12.3 Å². The van der Waals surface area contributed by atoms with E-state index in [4.69, 9.17) is 19.2 Å². The Kier molecular flexibility index (Phi) is 29.2. The van der Waals surface area contributed by atoms with Crippen LogP contribution in [0.1, 0.15) is 136 Å². The average Bonchev–Trinajstić information content (AvgIpc) is 2.85. The summed E-state index contributed by atoms with van der Waals surface area (Å²) in [4.78, 5) is 11.8. The van der Waals surface area contributed by atoms with Gasteiger partial charge in [0.15, 0.2) is 6.29 Å². The van der Waals surface area contributed by atoms with Crippen LogP contribution in [-0.2, 0) is 18.7 Å². The molecule has 206 valence electrons. The van der Waals surface area contributed by atoms with E-state index in [1.165, 1.54) is 88.8 Å². The molecule has 5 nitrogen and oxygen atoms in total. The van der Waals surface area contributed by atoms with Gasteiger partial charge in [0.05, 0.1) is 0 Å². The van der Waals surface area contributed by atoms with Crippen molar-refractivity contribution < 1.29 is 18.7 Å². The number of hydrogen-bond donors (Lipinski definition) is 0.